The van der Waals surface area contributed by atoms with Crippen LogP contribution >= 0.6 is 27.5 Å². The predicted molar refractivity (Wildman–Crippen MR) is 85.7 cm³/mol. The summed E-state index contributed by atoms with van der Waals surface area (Å²) >= 11 is 9.36. The summed E-state index contributed by atoms with van der Waals surface area (Å²) in [7, 11) is 1.65. The monoisotopic (exact) mass is 354 g/mol. The molecule has 20 heavy (non-hydrogen) atoms. The maximum atomic E-state index is 10.6. The Hall–Kier alpha value is -1.03. The van der Waals surface area contributed by atoms with E-state index in [1.807, 2.05) is 38.1 Å². The van der Waals surface area contributed by atoms with Gasteiger partial charge in [0.05, 0.1) is 12.1 Å². The molecule has 4 heteroatoms. The standard InChI is InChI=1S/C16H16BrClO2/c1-9-7-15(20-3)10(2)6-12(9)16(19)11-4-5-14(18)13(17)8-11/h4-8,16,19H,1-3H3. The van der Waals surface area contributed by atoms with Crippen LogP contribution in [0, 0.1) is 13.8 Å². The second-order valence-corrected chi connectivity index (χ2v) is 6.02. The molecule has 0 spiro atoms. The van der Waals surface area contributed by atoms with E-state index in [1.165, 1.54) is 0 Å². The largest absolute Gasteiger partial charge is 0.496 e. The molecule has 2 rings (SSSR count). The molecule has 2 aromatic rings. The minimum absolute atomic E-state index is 0.628. The van der Waals surface area contributed by atoms with Gasteiger partial charge in [0, 0.05) is 4.47 Å². The lowest BCUT2D eigenvalue weighted by Crippen LogP contribution is -2.03. The highest BCUT2D eigenvalue weighted by molar-refractivity contribution is 9.10. The molecule has 0 saturated heterocycles. The Morgan fingerprint density at radius 3 is 2.45 bits per heavy atom. The first-order valence-electron chi connectivity index (χ1n) is 6.22. The number of aliphatic hydroxyl groups excluding tert-OH is 1. The minimum atomic E-state index is -0.687. The van der Waals surface area contributed by atoms with Crippen LogP contribution in [0.3, 0.4) is 0 Å². The SMILES string of the molecule is COc1cc(C)c(C(O)c2ccc(Cl)c(Br)c2)cc1C. The van der Waals surface area contributed by atoms with Crippen molar-refractivity contribution in [3.05, 3.63) is 62.1 Å². The van der Waals surface area contributed by atoms with Gasteiger partial charge in [-0.3, -0.25) is 0 Å². The number of hydrogen-bond donors (Lipinski definition) is 1. The molecule has 0 fully saturated rings. The molecule has 0 aromatic heterocycles. The lowest BCUT2D eigenvalue weighted by Gasteiger charge is -2.17. The number of benzene rings is 2. The van der Waals surface area contributed by atoms with Crippen molar-refractivity contribution in [1.29, 1.82) is 0 Å². The molecule has 0 bridgehead atoms. The van der Waals surface area contributed by atoms with Crippen LogP contribution in [0.5, 0.6) is 5.75 Å². The lowest BCUT2D eigenvalue weighted by atomic mass is 9.95. The van der Waals surface area contributed by atoms with E-state index in [4.69, 9.17) is 16.3 Å². The second kappa shape index (κ2) is 6.17. The van der Waals surface area contributed by atoms with E-state index in [2.05, 4.69) is 15.9 Å². The number of methoxy groups -OCH3 is 1. The van der Waals surface area contributed by atoms with Crippen molar-refractivity contribution < 1.29 is 9.84 Å². The zero-order valence-electron chi connectivity index (χ0n) is 11.6. The minimum Gasteiger partial charge on any atom is -0.496 e. The molecule has 0 heterocycles. The van der Waals surface area contributed by atoms with Crippen molar-refractivity contribution in [1.82, 2.24) is 0 Å². The zero-order chi connectivity index (χ0) is 14.9. The number of hydrogen-bond acceptors (Lipinski definition) is 2. The van der Waals surface area contributed by atoms with Gasteiger partial charge >= 0.3 is 0 Å². The summed E-state index contributed by atoms with van der Waals surface area (Å²) in [5.41, 5.74) is 3.66. The van der Waals surface area contributed by atoms with E-state index in [0.717, 1.165) is 32.5 Å². The van der Waals surface area contributed by atoms with Gasteiger partial charge in [-0.05, 0) is 76.3 Å². The van der Waals surface area contributed by atoms with Gasteiger partial charge in [0.2, 0.25) is 0 Å². The molecule has 106 valence electrons. The van der Waals surface area contributed by atoms with Gasteiger partial charge in [0.1, 0.15) is 11.9 Å². The third-order valence-corrected chi connectivity index (χ3v) is 4.55. The Labute approximate surface area is 132 Å². The summed E-state index contributed by atoms with van der Waals surface area (Å²) in [4.78, 5) is 0. The number of aliphatic hydroxyl groups is 1. The summed E-state index contributed by atoms with van der Waals surface area (Å²) in [5.74, 6) is 0.829. The molecule has 1 unspecified atom stereocenters. The van der Waals surface area contributed by atoms with Crippen LogP contribution in [0.4, 0.5) is 0 Å². The maximum Gasteiger partial charge on any atom is 0.122 e. The zero-order valence-corrected chi connectivity index (χ0v) is 13.9. The van der Waals surface area contributed by atoms with Crippen molar-refractivity contribution in [3.8, 4) is 5.75 Å². The molecule has 0 saturated carbocycles. The summed E-state index contributed by atoms with van der Waals surface area (Å²) in [6, 6.07) is 9.35. The predicted octanol–water partition coefficient (Wildman–Crippen LogP) is 4.81. The van der Waals surface area contributed by atoms with Crippen LogP contribution in [0.2, 0.25) is 5.02 Å². The molecular formula is C16H16BrClO2. The van der Waals surface area contributed by atoms with Crippen molar-refractivity contribution in [2.45, 2.75) is 20.0 Å². The summed E-state index contributed by atoms with van der Waals surface area (Å²) in [5, 5.41) is 11.2. The average Bonchev–Trinajstić information content (AvgIpc) is 2.43. The van der Waals surface area contributed by atoms with Crippen LogP contribution in [0.1, 0.15) is 28.4 Å². The topological polar surface area (TPSA) is 29.5 Å². The molecule has 0 aliphatic rings. The fraction of sp³-hybridized carbons (Fsp3) is 0.250. The van der Waals surface area contributed by atoms with Crippen molar-refractivity contribution in [2.24, 2.45) is 0 Å². The van der Waals surface area contributed by atoms with Crippen LogP contribution < -0.4 is 4.74 Å². The van der Waals surface area contributed by atoms with Crippen molar-refractivity contribution >= 4 is 27.5 Å². The molecule has 2 nitrogen and oxygen atoms in total. The lowest BCUT2D eigenvalue weighted by molar-refractivity contribution is 0.219. The first-order valence-corrected chi connectivity index (χ1v) is 7.39. The Bertz CT molecular complexity index is 641. The van der Waals surface area contributed by atoms with Crippen LogP contribution in [0.15, 0.2) is 34.8 Å². The Balaban J connectivity index is 2.45. The summed E-state index contributed by atoms with van der Waals surface area (Å²) in [6.07, 6.45) is -0.687. The number of aryl methyl sites for hydroxylation is 2. The smallest absolute Gasteiger partial charge is 0.122 e. The third-order valence-electron chi connectivity index (χ3n) is 3.34. The number of rotatable bonds is 3. The highest BCUT2D eigenvalue weighted by Gasteiger charge is 2.16. The van der Waals surface area contributed by atoms with E-state index in [1.54, 1.807) is 13.2 Å². The molecule has 0 aliphatic heterocycles. The van der Waals surface area contributed by atoms with Gasteiger partial charge in [0.25, 0.3) is 0 Å². The van der Waals surface area contributed by atoms with Crippen LogP contribution in [-0.2, 0) is 0 Å². The average molecular weight is 356 g/mol. The van der Waals surface area contributed by atoms with Crippen LogP contribution in [0.25, 0.3) is 0 Å². The molecule has 2 aromatic carbocycles. The first kappa shape index (κ1) is 15.4. The molecule has 1 N–H and O–H groups in total. The van der Waals surface area contributed by atoms with Gasteiger partial charge in [0.15, 0.2) is 0 Å². The van der Waals surface area contributed by atoms with E-state index in [-0.39, 0.29) is 0 Å². The fourth-order valence-corrected chi connectivity index (χ4v) is 2.70. The Morgan fingerprint density at radius 1 is 1.15 bits per heavy atom. The van der Waals surface area contributed by atoms with Gasteiger partial charge in [-0.15, -0.1) is 0 Å². The Kier molecular flexibility index (Phi) is 4.74. The van der Waals surface area contributed by atoms with Gasteiger partial charge in [-0.1, -0.05) is 17.7 Å². The van der Waals surface area contributed by atoms with Crippen molar-refractivity contribution in [2.75, 3.05) is 7.11 Å². The quantitative estimate of drug-likeness (QED) is 0.856. The third kappa shape index (κ3) is 3.00. The van der Waals surface area contributed by atoms with Gasteiger partial charge < -0.3 is 9.84 Å². The molecular weight excluding hydrogens is 340 g/mol. The summed E-state index contributed by atoms with van der Waals surface area (Å²) < 4.78 is 6.07. The number of ether oxygens (including phenoxy) is 1. The summed E-state index contributed by atoms with van der Waals surface area (Å²) in [6.45, 7) is 3.93. The highest BCUT2D eigenvalue weighted by Crippen LogP contribution is 2.32. The van der Waals surface area contributed by atoms with Gasteiger partial charge in [-0.2, -0.15) is 0 Å². The first-order chi connectivity index (χ1) is 9.43. The normalized spacial score (nSPS) is 12.3. The van der Waals surface area contributed by atoms with E-state index >= 15 is 0 Å². The molecule has 0 amide bonds. The fourth-order valence-electron chi connectivity index (χ4n) is 2.19. The van der Waals surface area contributed by atoms with E-state index in [0.29, 0.717) is 5.02 Å². The van der Waals surface area contributed by atoms with Gasteiger partial charge in [-0.25, -0.2) is 0 Å². The molecule has 0 radical (unpaired) electrons. The second-order valence-electron chi connectivity index (χ2n) is 4.75. The molecule has 1 atom stereocenters. The van der Waals surface area contributed by atoms with E-state index < -0.39 is 6.10 Å². The number of halogens is 2. The molecule has 0 aliphatic carbocycles. The Morgan fingerprint density at radius 2 is 1.85 bits per heavy atom. The highest BCUT2D eigenvalue weighted by atomic mass is 79.9. The van der Waals surface area contributed by atoms with Crippen molar-refractivity contribution in [3.63, 3.8) is 0 Å². The van der Waals surface area contributed by atoms with Crippen LogP contribution in [-0.4, -0.2) is 12.2 Å². The van der Waals surface area contributed by atoms with E-state index in [9.17, 15) is 5.11 Å². The maximum absolute atomic E-state index is 10.6.